The van der Waals surface area contributed by atoms with Gasteiger partial charge in [-0.25, -0.2) is 4.79 Å². The number of Topliss-reactive ketones (excluding diaryl/α,β-unsaturated/α-hetero) is 1. The molecule has 1 aliphatic carbocycles. The lowest BCUT2D eigenvalue weighted by Gasteiger charge is -2.42. The molecule has 256 valence electrons. The average molecular weight is 685 g/mol. The van der Waals surface area contributed by atoms with Crippen LogP contribution in [-0.4, -0.2) is 82.1 Å². The molecule has 4 aliphatic rings. The quantitative estimate of drug-likeness (QED) is 0.241. The van der Waals surface area contributed by atoms with Gasteiger partial charge in [-0.15, -0.1) is 11.8 Å². The van der Waals surface area contributed by atoms with E-state index in [0.29, 0.717) is 72.1 Å². The maximum absolute atomic E-state index is 14.3. The number of likely N-dealkylation sites (tertiary alicyclic amines) is 2. The smallest absolute Gasteiger partial charge is 0.407 e. The van der Waals surface area contributed by atoms with Gasteiger partial charge in [-0.3, -0.25) is 14.4 Å². The molecule has 3 heterocycles. The van der Waals surface area contributed by atoms with Crippen LogP contribution in [-0.2, 0) is 19.9 Å². The molecule has 7 rings (SSSR count). The van der Waals surface area contributed by atoms with Crippen LogP contribution in [0.15, 0.2) is 65.6 Å². The van der Waals surface area contributed by atoms with Crippen LogP contribution in [0.5, 0.6) is 11.5 Å². The van der Waals surface area contributed by atoms with Crippen LogP contribution < -0.4 is 27.3 Å². The number of benzene rings is 3. The first-order valence-electron chi connectivity index (χ1n) is 16.6. The molecule has 13 heteroatoms. The number of rotatable bonds is 6. The number of piperidine rings is 1. The van der Waals surface area contributed by atoms with Crippen molar-refractivity contribution >= 4 is 41.1 Å². The molecule has 0 radical (unpaired) electrons. The van der Waals surface area contributed by atoms with Crippen molar-refractivity contribution < 1.29 is 29.0 Å². The van der Waals surface area contributed by atoms with Gasteiger partial charge < -0.3 is 42.2 Å². The van der Waals surface area contributed by atoms with Crippen LogP contribution in [0.2, 0.25) is 0 Å². The number of anilines is 1. The molecule has 2 saturated heterocycles. The monoisotopic (exact) mass is 684 g/mol. The fourth-order valence-electron chi connectivity index (χ4n) is 7.93. The van der Waals surface area contributed by atoms with Crippen molar-refractivity contribution in [2.24, 2.45) is 17.4 Å². The van der Waals surface area contributed by atoms with Crippen molar-refractivity contribution in [2.45, 2.75) is 59.9 Å². The molecule has 49 heavy (non-hydrogen) atoms. The van der Waals surface area contributed by atoms with E-state index in [1.165, 1.54) is 16.7 Å². The number of nitrogen functional groups attached to an aromatic ring is 1. The molecule has 0 spiro atoms. The predicted octanol–water partition coefficient (Wildman–Crippen LogP) is 3.15. The van der Waals surface area contributed by atoms with E-state index in [2.05, 4.69) is 5.32 Å². The third-order valence-corrected chi connectivity index (χ3v) is 11.8. The van der Waals surface area contributed by atoms with Gasteiger partial charge in [-0.05, 0) is 78.8 Å². The SMILES string of the molecule is Cc1cc(Oc2ccccc2)ccc1C1(N)C(=O)C(N)C2c3c1ccc(N)c3SC2C(=O)NC1CCCN(C(=O)C2CCN(C(=O)O)C2)C1. The molecule has 3 aromatic carbocycles. The second-order valence-corrected chi connectivity index (χ2v) is 14.6. The summed E-state index contributed by atoms with van der Waals surface area (Å²) >= 11 is 1.30. The summed E-state index contributed by atoms with van der Waals surface area (Å²) in [7, 11) is 0. The number of carbonyl (C=O) groups is 4. The molecular formula is C36H40N6O6S. The Bertz CT molecular complexity index is 1840. The molecular weight excluding hydrogens is 644 g/mol. The summed E-state index contributed by atoms with van der Waals surface area (Å²) in [6, 6.07) is 16.9. The van der Waals surface area contributed by atoms with Gasteiger partial charge in [0.1, 0.15) is 17.0 Å². The summed E-state index contributed by atoms with van der Waals surface area (Å²) in [5.41, 5.74) is 21.9. The van der Waals surface area contributed by atoms with Crippen LogP contribution in [0.1, 0.15) is 47.4 Å². The lowest BCUT2D eigenvalue weighted by Crippen LogP contribution is -2.61. The minimum Gasteiger partial charge on any atom is -0.465 e. The number of aryl methyl sites for hydroxylation is 1. The first kappa shape index (κ1) is 32.9. The summed E-state index contributed by atoms with van der Waals surface area (Å²) in [6.07, 6.45) is 0.850. The standard InChI is InChI=1S/C36H40N6O6S/c1-19-16-23(48-22-7-3-2-4-8-22)9-10-24(19)36(39)25-11-12-26(37)30-27(25)28(29(38)32(36)43)31(49-30)33(44)40-21-6-5-14-41(18-21)34(45)20-13-15-42(17-20)35(46)47/h2-4,7-12,16,20-21,28-29,31H,5-6,13-15,17-18,37-39H2,1H3,(H,40,44)(H,46,47). The Hall–Kier alpha value is -4.59. The number of ketones is 1. The lowest BCUT2D eigenvalue weighted by atomic mass is 9.64. The van der Waals surface area contributed by atoms with Gasteiger partial charge in [0.05, 0.1) is 17.2 Å². The Morgan fingerprint density at radius 1 is 0.980 bits per heavy atom. The molecule has 12 nitrogen and oxygen atoms in total. The van der Waals surface area contributed by atoms with E-state index in [-0.39, 0.29) is 36.1 Å². The van der Waals surface area contributed by atoms with E-state index in [4.69, 9.17) is 21.9 Å². The van der Waals surface area contributed by atoms with Crippen molar-refractivity contribution in [3.05, 3.63) is 82.9 Å². The van der Waals surface area contributed by atoms with Gasteiger partial charge in [0.25, 0.3) is 0 Å². The van der Waals surface area contributed by atoms with Crippen LogP contribution in [0.25, 0.3) is 0 Å². The van der Waals surface area contributed by atoms with Crippen LogP contribution >= 0.6 is 11.8 Å². The summed E-state index contributed by atoms with van der Waals surface area (Å²) < 4.78 is 6.02. The van der Waals surface area contributed by atoms with Crippen LogP contribution in [0.3, 0.4) is 0 Å². The Labute approximate surface area is 288 Å². The molecule has 3 aliphatic heterocycles. The number of nitrogens with one attached hydrogen (secondary N) is 1. The van der Waals surface area contributed by atoms with Gasteiger partial charge in [0.15, 0.2) is 5.78 Å². The maximum atomic E-state index is 14.3. The number of para-hydroxylation sites is 1. The molecule has 6 unspecified atom stereocenters. The maximum Gasteiger partial charge on any atom is 0.407 e. The minimum atomic E-state index is -1.57. The van der Waals surface area contributed by atoms with Crippen LogP contribution in [0.4, 0.5) is 10.5 Å². The number of hydrogen-bond acceptors (Lipinski definition) is 9. The topological polar surface area (TPSA) is 194 Å². The first-order valence-corrected chi connectivity index (χ1v) is 17.4. The highest BCUT2D eigenvalue weighted by Crippen LogP contribution is 2.56. The van der Waals surface area contributed by atoms with E-state index in [0.717, 1.165) is 11.1 Å². The number of amides is 3. The van der Waals surface area contributed by atoms with E-state index in [1.54, 1.807) is 29.2 Å². The number of carboxylic acid groups (broad SMARTS) is 1. The van der Waals surface area contributed by atoms with Gasteiger partial charge in [0.2, 0.25) is 11.8 Å². The zero-order chi connectivity index (χ0) is 34.6. The predicted molar refractivity (Wildman–Crippen MR) is 184 cm³/mol. The second kappa shape index (κ2) is 12.7. The molecule has 6 atom stereocenters. The van der Waals surface area contributed by atoms with E-state index < -0.39 is 28.8 Å². The largest absolute Gasteiger partial charge is 0.465 e. The summed E-state index contributed by atoms with van der Waals surface area (Å²) in [4.78, 5) is 56.7. The van der Waals surface area contributed by atoms with Crippen molar-refractivity contribution in [2.75, 3.05) is 31.9 Å². The highest BCUT2D eigenvalue weighted by Gasteiger charge is 2.57. The first-order chi connectivity index (χ1) is 23.5. The van der Waals surface area contributed by atoms with Crippen molar-refractivity contribution in [1.29, 1.82) is 0 Å². The highest BCUT2D eigenvalue weighted by molar-refractivity contribution is 8.01. The average Bonchev–Trinajstić information content (AvgIpc) is 3.75. The van der Waals surface area contributed by atoms with Gasteiger partial charge in [-0.2, -0.15) is 0 Å². The van der Waals surface area contributed by atoms with E-state index >= 15 is 0 Å². The van der Waals surface area contributed by atoms with Crippen molar-refractivity contribution in [3.8, 4) is 11.5 Å². The normalized spacial score (nSPS) is 27.5. The van der Waals surface area contributed by atoms with Gasteiger partial charge >= 0.3 is 6.09 Å². The number of nitrogens with zero attached hydrogens (tertiary/aromatic N) is 2. The number of thioether (sulfide) groups is 1. The zero-order valence-electron chi connectivity index (χ0n) is 27.1. The Kier molecular flexibility index (Phi) is 8.54. The summed E-state index contributed by atoms with van der Waals surface area (Å²) in [5, 5.41) is 11.7. The summed E-state index contributed by atoms with van der Waals surface area (Å²) in [5.74, 6) is -0.498. The highest BCUT2D eigenvalue weighted by atomic mass is 32.2. The molecule has 0 aromatic heterocycles. The van der Waals surface area contributed by atoms with Crippen molar-refractivity contribution in [1.82, 2.24) is 15.1 Å². The zero-order valence-corrected chi connectivity index (χ0v) is 27.9. The molecule has 3 aromatic rings. The minimum absolute atomic E-state index is 0.0862. The van der Waals surface area contributed by atoms with Crippen molar-refractivity contribution in [3.63, 3.8) is 0 Å². The second-order valence-electron chi connectivity index (χ2n) is 13.4. The number of hydrogen-bond donors (Lipinski definition) is 5. The third kappa shape index (κ3) is 5.69. The third-order valence-electron chi connectivity index (χ3n) is 10.4. The Balaban J connectivity index is 1.12. The number of nitrogens with two attached hydrogens (primary N) is 3. The van der Waals surface area contributed by atoms with E-state index in [1.807, 2.05) is 43.3 Å². The summed E-state index contributed by atoms with van der Waals surface area (Å²) in [6.45, 7) is 3.28. The van der Waals surface area contributed by atoms with Gasteiger partial charge in [-0.1, -0.05) is 30.3 Å². The molecule has 0 bridgehead atoms. The number of carbonyl (C=O) groups excluding carboxylic acids is 3. The fourth-order valence-corrected chi connectivity index (χ4v) is 9.39. The molecule has 2 fully saturated rings. The Morgan fingerprint density at radius 3 is 2.45 bits per heavy atom. The molecule has 8 N–H and O–H groups in total. The van der Waals surface area contributed by atoms with Crippen LogP contribution in [0, 0.1) is 12.8 Å². The van der Waals surface area contributed by atoms with E-state index in [9.17, 15) is 24.3 Å². The Morgan fingerprint density at radius 2 is 1.73 bits per heavy atom. The molecule has 0 saturated carbocycles. The fraction of sp³-hybridized carbons (Fsp3) is 0.389. The van der Waals surface area contributed by atoms with Gasteiger partial charge in [0, 0.05) is 48.7 Å². The molecule has 3 amide bonds. The number of ether oxygens (including phenoxy) is 1. The lowest BCUT2D eigenvalue weighted by molar-refractivity contribution is -0.137.